The Morgan fingerprint density at radius 1 is 0.769 bits per heavy atom. The van der Waals surface area contributed by atoms with E-state index in [0.717, 1.165) is 45.0 Å². The van der Waals surface area contributed by atoms with Crippen LogP contribution in [0.15, 0.2) is 54.6 Å². The molecule has 0 bridgehead atoms. The molecule has 144 valence electrons. The number of nitrogens with zero attached hydrogens (tertiary/aromatic N) is 2. The standard InChI is InChI=1S/C20H26N2O2.2ClH/c23-15-13-21-9-11-22(12-10-21)14-16-24-20-8-4-7-19(17-20)18-5-2-1-3-6-18;;/h1-8,17,23H,9-16H2;2*1H. The summed E-state index contributed by atoms with van der Waals surface area (Å²) in [6, 6.07) is 18.7. The van der Waals surface area contributed by atoms with E-state index in [-0.39, 0.29) is 31.4 Å². The molecule has 0 atom stereocenters. The van der Waals surface area contributed by atoms with Gasteiger partial charge in [-0.3, -0.25) is 9.80 Å². The van der Waals surface area contributed by atoms with Gasteiger partial charge in [-0.25, -0.2) is 0 Å². The monoisotopic (exact) mass is 398 g/mol. The van der Waals surface area contributed by atoms with Gasteiger partial charge < -0.3 is 9.84 Å². The number of ether oxygens (including phenoxy) is 1. The minimum Gasteiger partial charge on any atom is -0.492 e. The SMILES string of the molecule is Cl.Cl.OCCN1CCN(CCOc2cccc(-c3ccccc3)c2)CC1. The van der Waals surface area contributed by atoms with Crippen LogP contribution in [-0.2, 0) is 0 Å². The average molecular weight is 399 g/mol. The van der Waals surface area contributed by atoms with Crippen molar-refractivity contribution in [2.75, 3.05) is 52.5 Å². The number of rotatable bonds is 7. The lowest BCUT2D eigenvalue weighted by Crippen LogP contribution is -2.48. The highest BCUT2D eigenvalue weighted by Crippen LogP contribution is 2.23. The molecule has 26 heavy (non-hydrogen) atoms. The molecule has 0 radical (unpaired) electrons. The summed E-state index contributed by atoms with van der Waals surface area (Å²) >= 11 is 0. The third kappa shape index (κ3) is 6.78. The van der Waals surface area contributed by atoms with Crippen LogP contribution in [0.5, 0.6) is 5.75 Å². The summed E-state index contributed by atoms with van der Waals surface area (Å²) in [6.07, 6.45) is 0. The highest BCUT2D eigenvalue weighted by Gasteiger charge is 2.15. The van der Waals surface area contributed by atoms with Gasteiger partial charge in [-0.05, 0) is 23.3 Å². The summed E-state index contributed by atoms with van der Waals surface area (Å²) in [5.41, 5.74) is 2.40. The maximum absolute atomic E-state index is 8.98. The predicted molar refractivity (Wildman–Crippen MR) is 112 cm³/mol. The molecule has 2 aromatic rings. The largest absolute Gasteiger partial charge is 0.492 e. The number of hydrogen-bond donors (Lipinski definition) is 1. The summed E-state index contributed by atoms with van der Waals surface area (Å²) in [4.78, 5) is 4.73. The second-order valence-electron chi connectivity index (χ2n) is 6.15. The van der Waals surface area contributed by atoms with E-state index in [1.54, 1.807) is 0 Å². The van der Waals surface area contributed by atoms with Crippen molar-refractivity contribution < 1.29 is 9.84 Å². The molecule has 0 aromatic heterocycles. The molecule has 1 fully saturated rings. The molecular formula is C20H28Cl2N2O2. The Balaban J connectivity index is 0.00000169. The van der Waals surface area contributed by atoms with Gasteiger partial charge in [-0.1, -0.05) is 42.5 Å². The Morgan fingerprint density at radius 3 is 2.04 bits per heavy atom. The summed E-state index contributed by atoms with van der Waals surface area (Å²) in [6.45, 7) is 6.85. The van der Waals surface area contributed by atoms with Crippen LogP contribution in [0.3, 0.4) is 0 Å². The number of halogens is 2. The highest BCUT2D eigenvalue weighted by atomic mass is 35.5. The van der Waals surface area contributed by atoms with Crippen LogP contribution in [0.1, 0.15) is 0 Å². The average Bonchev–Trinajstić information content (AvgIpc) is 2.64. The molecule has 0 spiro atoms. The van der Waals surface area contributed by atoms with E-state index >= 15 is 0 Å². The van der Waals surface area contributed by atoms with E-state index in [1.807, 2.05) is 18.2 Å². The van der Waals surface area contributed by atoms with Crippen LogP contribution in [0.2, 0.25) is 0 Å². The molecule has 1 N–H and O–H groups in total. The molecule has 0 amide bonds. The van der Waals surface area contributed by atoms with Crippen LogP contribution in [0.4, 0.5) is 0 Å². The first-order valence-electron chi connectivity index (χ1n) is 8.69. The van der Waals surface area contributed by atoms with E-state index < -0.39 is 0 Å². The van der Waals surface area contributed by atoms with Crippen molar-refractivity contribution in [3.8, 4) is 16.9 Å². The van der Waals surface area contributed by atoms with Crippen molar-refractivity contribution >= 4 is 24.8 Å². The lowest BCUT2D eigenvalue weighted by Gasteiger charge is -2.34. The quantitative estimate of drug-likeness (QED) is 0.776. The predicted octanol–water partition coefficient (Wildman–Crippen LogP) is 3.19. The minimum absolute atomic E-state index is 0. The van der Waals surface area contributed by atoms with Gasteiger partial charge in [0, 0.05) is 39.3 Å². The van der Waals surface area contributed by atoms with Crippen molar-refractivity contribution in [1.29, 1.82) is 0 Å². The summed E-state index contributed by atoms with van der Waals surface area (Å²) < 4.78 is 5.95. The van der Waals surface area contributed by atoms with Gasteiger partial charge in [-0.2, -0.15) is 0 Å². The van der Waals surface area contributed by atoms with E-state index in [4.69, 9.17) is 9.84 Å². The van der Waals surface area contributed by atoms with Gasteiger partial charge >= 0.3 is 0 Å². The van der Waals surface area contributed by atoms with Crippen molar-refractivity contribution in [1.82, 2.24) is 9.80 Å². The highest BCUT2D eigenvalue weighted by molar-refractivity contribution is 5.85. The van der Waals surface area contributed by atoms with Crippen LogP contribution in [-0.4, -0.2) is 67.4 Å². The molecule has 1 saturated heterocycles. The first kappa shape index (κ1) is 22.7. The lowest BCUT2D eigenvalue weighted by atomic mass is 10.1. The smallest absolute Gasteiger partial charge is 0.119 e. The minimum atomic E-state index is 0. The van der Waals surface area contributed by atoms with Gasteiger partial charge in [0.25, 0.3) is 0 Å². The Morgan fingerprint density at radius 2 is 1.38 bits per heavy atom. The van der Waals surface area contributed by atoms with E-state index in [0.29, 0.717) is 6.61 Å². The van der Waals surface area contributed by atoms with Crippen molar-refractivity contribution in [2.24, 2.45) is 0 Å². The number of piperazine rings is 1. The van der Waals surface area contributed by atoms with Crippen molar-refractivity contribution in [2.45, 2.75) is 0 Å². The van der Waals surface area contributed by atoms with Crippen LogP contribution in [0.25, 0.3) is 11.1 Å². The molecule has 0 unspecified atom stereocenters. The van der Waals surface area contributed by atoms with Crippen LogP contribution >= 0.6 is 24.8 Å². The Kier molecular flexibility index (Phi) is 10.6. The summed E-state index contributed by atoms with van der Waals surface area (Å²) in [7, 11) is 0. The summed E-state index contributed by atoms with van der Waals surface area (Å²) in [5, 5.41) is 8.98. The second kappa shape index (κ2) is 12.2. The maximum Gasteiger partial charge on any atom is 0.119 e. The van der Waals surface area contributed by atoms with E-state index in [1.165, 1.54) is 11.1 Å². The fourth-order valence-corrected chi connectivity index (χ4v) is 3.07. The van der Waals surface area contributed by atoms with E-state index in [9.17, 15) is 0 Å². The van der Waals surface area contributed by atoms with Gasteiger partial charge in [-0.15, -0.1) is 24.8 Å². The number of hydrogen-bond acceptors (Lipinski definition) is 4. The normalized spacial score (nSPS) is 15.0. The zero-order valence-electron chi connectivity index (χ0n) is 14.9. The Hall–Kier alpha value is -1.30. The van der Waals surface area contributed by atoms with Gasteiger partial charge in [0.05, 0.1) is 6.61 Å². The van der Waals surface area contributed by atoms with Crippen molar-refractivity contribution in [3.63, 3.8) is 0 Å². The van der Waals surface area contributed by atoms with Crippen molar-refractivity contribution in [3.05, 3.63) is 54.6 Å². The second-order valence-corrected chi connectivity index (χ2v) is 6.15. The number of aliphatic hydroxyl groups excluding tert-OH is 1. The van der Waals surface area contributed by atoms with E-state index in [2.05, 4.69) is 46.2 Å². The van der Waals surface area contributed by atoms with Crippen LogP contribution in [0, 0.1) is 0 Å². The number of aliphatic hydroxyl groups is 1. The molecule has 2 aromatic carbocycles. The topological polar surface area (TPSA) is 35.9 Å². The molecule has 1 aliphatic rings. The molecule has 1 heterocycles. The van der Waals surface area contributed by atoms with Gasteiger partial charge in [0.15, 0.2) is 0 Å². The molecule has 3 rings (SSSR count). The number of benzene rings is 2. The zero-order chi connectivity index (χ0) is 16.6. The van der Waals surface area contributed by atoms with Gasteiger partial charge in [0.2, 0.25) is 0 Å². The van der Waals surface area contributed by atoms with Crippen LogP contribution < -0.4 is 4.74 Å². The molecule has 0 saturated carbocycles. The zero-order valence-corrected chi connectivity index (χ0v) is 16.6. The van der Waals surface area contributed by atoms with Gasteiger partial charge in [0.1, 0.15) is 12.4 Å². The maximum atomic E-state index is 8.98. The first-order valence-corrected chi connectivity index (χ1v) is 8.69. The fourth-order valence-electron chi connectivity index (χ4n) is 3.07. The number of β-amino-alcohol motifs (C(OH)–C–C–N with tert-alkyl or cyclic N) is 1. The Bertz CT molecular complexity index is 620. The molecule has 0 aliphatic carbocycles. The third-order valence-electron chi connectivity index (χ3n) is 4.50. The summed E-state index contributed by atoms with van der Waals surface area (Å²) in [5.74, 6) is 0.926. The first-order chi connectivity index (χ1) is 11.8. The lowest BCUT2D eigenvalue weighted by molar-refractivity contribution is 0.102. The molecule has 1 aliphatic heterocycles. The molecule has 6 heteroatoms. The molecule has 4 nitrogen and oxygen atoms in total. The fraction of sp³-hybridized carbons (Fsp3) is 0.400. The third-order valence-corrected chi connectivity index (χ3v) is 4.50. The molecular weight excluding hydrogens is 371 g/mol. The Labute approximate surface area is 168 Å².